The van der Waals surface area contributed by atoms with Gasteiger partial charge in [0.15, 0.2) is 0 Å². The molecule has 0 saturated carbocycles. The predicted octanol–water partition coefficient (Wildman–Crippen LogP) is 7.76. The molecule has 3 aromatic carbocycles. The van der Waals surface area contributed by atoms with E-state index in [1.54, 1.807) is 29.2 Å². The molecule has 1 amide bonds. The molecule has 34 heavy (non-hydrogen) atoms. The molecule has 1 fully saturated rings. The molecule has 0 aliphatic carbocycles. The molecule has 6 heteroatoms. The summed E-state index contributed by atoms with van der Waals surface area (Å²) in [5, 5.41) is 0. The second-order valence-corrected chi connectivity index (χ2v) is 8.84. The van der Waals surface area contributed by atoms with Crippen LogP contribution in [-0.2, 0) is 10.3 Å². The molecule has 0 radical (unpaired) electrons. The molecular formula is C28H28F3NO2. The first-order chi connectivity index (χ1) is 16.3. The first kappa shape index (κ1) is 23.9. The first-order valence-corrected chi connectivity index (χ1v) is 11.6. The number of carbonyl (C=O) groups is 1. The van der Waals surface area contributed by atoms with Crippen molar-refractivity contribution in [2.75, 3.05) is 6.54 Å². The van der Waals surface area contributed by atoms with Crippen molar-refractivity contribution >= 4 is 6.09 Å². The Labute approximate surface area is 198 Å². The Kier molecular flexibility index (Phi) is 6.96. The van der Waals surface area contributed by atoms with E-state index in [9.17, 15) is 18.0 Å². The quantitative estimate of drug-likeness (QED) is 0.355. The molecular weight excluding hydrogens is 439 g/mol. The van der Waals surface area contributed by atoms with Crippen molar-refractivity contribution in [1.29, 1.82) is 0 Å². The minimum atomic E-state index is -0.763. The van der Waals surface area contributed by atoms with Gasteiger partial charge in [-0.05, 0) is 60.7 Å². The maximum atomic E-state index is 14.1. The van der Waals surface area contributed by atoms with Crippen molar-refractivity contribution in [1.82, 2.24) is 4.90 Å². The summed E-state index contributed by atoms with van der Waals surface area (Å²) in [7, 11) is 0. The number of amides is 1. The highest BCUT2D eigenvalue weighted by Gasteiger charge is 2.43. The van der Waals surface area contributed by atoms with Crippen LogP contribution in [0.15, 0.2) is 66.7 Å². The summed E-state index contributed by atoms with van der Waals surface area (Å²) in [5.41, 5.74) is 1.88. The number of rotatable bonds is 7. The minimum absolute atomic E-state index is 0.253. The monoisotopic (exact) mass is 467 g/mol. The molecule has 0 N–H and O–H groups in total. The number of ether oxygens (including phenoxy) is 1. The van der Waals surface area contributed by atoms with Crippen LogP contribution < -0.4 is 0 Å². The molecule has 1 aliphatic rings. The van der Waals surface area contributed by atoms with E-state index in [0.717, 1.165) is 30.0 Å². The zero-order chi connectivity index (χ0) is 24.3. The smallest absolute Gasteiger partial charge is 0.411 e. The topological polar surface area (TPSA) is 29.5 Å². The molecule has 0 spiro atoms. The van der Waals surface area contributed by atoms with Crippen LogP contribution in [0.3, 0.4) is 0 Å². The van der Waals surface area contributed by atoms with Gasteiger partial charge < -0.3 is 9.64 Å². The molecule has 0 aromatic heterocycles. The summed E-state index contributed by atoms with van der Waals surface area (Å²) in [5.74, 6) is -1.56. The van der Waals surface area contributed by atoms with Crippen molar-refractivity contribution in [3.63, 3.8) is 0 Å². The number of hydrogen-bond acceptors (Lipinski definition) is 2. The molecule has 1 heterocycles. The number of carbonyl (C=O) groups excluding carboxylic acids is 1. The Morgan fingerprint density at radius 2 is 1.65 bits per heavy atom. The van der Waals surface area contributed by atoms with E-state index in [1.165, 1.54) is 24.3 Å². The van der Waals surface area contributed by atoms with Gasteiger partial charge in [0.05, 0.1) is 6.04 Å². The summed E-state index contributed by atoms with van der Waals surface area (Å²) < 4.78 is 46.9. The Bertz CT molecular complexity index is 1150. The molecule has 3 nitrogen and oxygen atoms in total. The summed E-state index contributed by atoms with van der Waals surface area (Å²) in [6.45, 7) is 4.50. The molecule has 1 saturated heterocycles. The van der Waals surface area contributed by atoms with Crippen molar-refractivity contribution in [2.24, 2.45) is 0 Å². The van der Waals surface area contributed by atoms with Gasteiger partial charge >= 0.3 is 6.09 Å². The Morgan fingerprint density at radius 3 is 2.26 bits per heavy atom. The van der Waals surface area contributed by atoms with Gasteiger partial charge in [-0.15, -0.1) is 0 Å². The third-order valence-corrected chi connectivity index (χ3v) is 6.68. The van der Waals surface area contributed by atoms with Gasteiger partial charge in [0, 0.05) is 24.6 Å². The van der Waals surface area contributed by atoms with Gasteiger partial charge in [0.2, 0.25) is 0 Å². The molecule has 178 valence electrons. The highest BCUT2D eigenvalue weighted by Crippen LogP contribution is 2.41. The largest absolute Gasteiger partial charge is 0.438 e. The summed E-state index contributed by atoms with van der Waals surface area (Å²) >= 11 is 0. The van der Waals surface area contributed by atoms with E-state index >= 15 is 0 Å². The molecule has 2 atom stereocenters. The van der Waals surface area contributed by atoms with E-state index in [2.05, 4.69) is 6.92 Å². The molecule has 3 aromatic rings. The third-order valence-electron chi connectivity index (χ3n) is 6.68. The predicted molar refractivity (Wildman–Crippen MR) is 126 cm³/mol. The molecule has 0 unspecified atom stereocenters. The zero-order valence-electron chi connectivity index (χ0n) is 19.4. The number of hydrogen-bond donors (Lipinski definition) is 0. The molecule has 0 bridgehead atoms. The Balaban J connectivity index is 1.52. The van der Waals surface area contributed by atoms with Crippen LogP contribution >= 0.6 is 0 Å². The maximum Gasteiger partial charge on any atom is 0.411 e. The van der Waals surface area contributed by atoms with E-state index < -0.39 is 23.3 Å². The van der Waals surface area contributed by atoms with Crippen molar-refractivity contribution in [2.45, 2.75) is 51.2 Å². The molecule has 4 rings (SSSR count). The summed E-state index contributed by atoms with van der Waals surface area (Å²) in [4.78, 5) is 14.8. The standard InChI is InChI=1S/C28H28F3NO2/c1-3-4-15-28(22-9-11-23(29)12-10-22)16-17-32(27(33)34-28)19(2)20-5-7-21(8-6-20)25-14-13-24(30)18-26(25)31/h5-14,18-19H,3-4,15-17H2,1-2H3/t19-,28+/m0/s1. The van der Waals surface area contributed by atoms with Crippen LogP contribution in [0.1, 0.15) is 56.7 Å². The van der Waals surface area contributed by atoms with Crippen LogP contribution in [0.4, 0.5) is 18.0 Å². The highest BCUT2D eigenvalue weighted by atomic mass is 19.1. The number of benzene rings is 3. The van der Waals surface area contributed by atoms with Crippen LogP contribution in [0.2, 0.25) is 0 Å². The Morgan fingerprint density at radius 1 is 0.971 bits per heavy atom. The summed E-state index contributed by atoms with van der Waals surface area (Å²) in [6.07, 6.45) is 2.73. The Hall–Kier alpha value is -3.28. The average Bonchev–Trinajstić information content (AvgIpc) is 2.83. The fraction of sp³-hybridized carbons (Fsp3) is 0.321. The average molecular weight is 468 g/mol. The lowest BCUT2D eigenvalue weighted by molar-refractivity contribution is -0.0665. The number of halogens is 3. The highest BCUT2D eigenvalue weighted by molar-refractivity contribution is 5.70. The van der Waals surface area contributed by atoms with Crippen LogP contribution in [0.5, 0.6) is 0 Å². The second-order valence-electron chi connectivity index (χ2n) is 8.84. The first-order valence-electron chi connectivity index (χ1n) is 11.6. The van der Waals surface area contributed by atoms with Crippen LogP contribution in [0, 0.1) is 17.5 Å². The zero-order valence-corrected chi connectivity index (χ0v) is 19.4. The van der Waals surface area contributed by atoms with Gasteiger partial charge in [-0.25, -0.2) is 18.0 Å². The fourth-order valence-electron chi connectivity index (χ4n) is 4.61. The lowest BCUT2D eigenvalue weighted by Gasteiger charge is -2.43. The van der Waals surface area contributed by atoms with Gasteiger partial charge in [0.1, 0.15) is 23.1 Å². The van der Waals surface area contributed by atoms with Gasteiger partial charge in [-0.2, -0.15) is 0 Å². The number of unbranched alkanes of at least 4 members (excludes halogenated alkanes) is 1. The van der Waals surface area contributed by atoms with Gasteiger partial charge in [-0.1, -0.05) is 49.7 Å². The van der Waals surface area contributed by atoms with Crippen LogP contribution in [0.25, 0.3) is 11.1 Å². The second kappa shape index (κ2) is 9.92. The lowest BCUT2D eigenvalue weighted by atomic mass is 9.84. The van der Waals surface area contributed by atoms with Crippen molar-refractivity contribution in [3.05, 3.63) is 95.3 Å². The minimum Gasteiger partial charge on any atom is -0.438 e. The SMILES string of the molecule is CCCC[C@]1(c2ccc(F)cc2)CCN([C@@H](C)c2ccc(-c3ccc(F)cc3F)cc2)C(=O)O1. The van der Waals surface area contributed by atoms with Crippen LogP contribution in [-0.4, -0.2) is 17.5 Å². The maximum absolute atomic E-state index is 14.1. The number of nitrogens with zero attached hydrogens (tertiary/aromatic N) is 1. The van der Waals surface area contributed by atoms with E-state index in [0.29, 0.717) is 30.5 Å². The lowest BCUT2D eigenvalue weighted by Crippen LogP contribution is -2.48. The van der Waals surface area contributed by atoms with Gasteiger partial charge in [-0.3, -0.25) is 0 Å². The van der Waals surface area contributed by atoms with Crippen molar-refractivity contribution < 1.29 is 22.7 Å². The fourth-order valence-corrected chi connectivity index (χ4v) is 4.61. The third kappa shape index (κ3) is 4.81. The van der Waals surface area contributed by atoms with E-state index in [4.69, 9.17) is 4.74 Å². The van der Waals surface area contributed by atoms with Crippen molar-refractivity contribution in [3.8, 4) is 11.1 Å². The summed E-state index contributed by atoms with van der Waals surface area (Å²) in [6, 6.07) is 16.7. The number of cyclic esters (lactones) is 1. The molecule has 1 aliphatic heterocycles. The van der Waals surface area contributed by atoms with Gasteiger partial charge in [0.25, 0.3) is 0 Å². The van der Waals surface area contributed by atoms with E-state index in [-0.39, 0.29) is 11.9 Å². The van der Waals surface area contributed by atoms with E-state index in [1.807, 2.05) is 19.1 Å². The normalized spacial score (nSPS) is 19.1.